The number of nitrogens with zero attached hydrogens (tertiary/aromatic N) is 1. The van der Waals surface area contributed by atoms with Crippen molar-refractivity contribution in [3.05, 3.63) is 35.6 Å². The Labute approximate surface area is 102 Å². The van der Waals surface area contributed by atoms with Gasteiger partial charge >= 0.3 is 5.97 Å². The van der Waals surface area contributed by atoms with Gasteiger partial charge in [0.15, 0.2) is 12.4 Å². The van der Waals surface area contributed by atoms with Crippen LogP contribution in [0.15, 0.2) is 28.8 Å². The Bertz CT molecular complexity index is 579. The first-order valence-electron chi connectivity index (χ1n) is 5.09. The monoisotopic (exact) mass is 251 g/mol. The number of carboxylic acids is 1. The zero-order valence-electron chi connectivity index (χ0n) is 9.51. The highest BCUT2D eigenvalue weighted by Crippen LogP contribution is 2.28. The van der Waals surface area contributed by atoms with Gasteiger partial charge < -0.3 is 14.4 Å². The Balaban J connectivity index is 2.56. The highest BCUT2D eigenvalue weighted by molar-refractivity contribution is 5.95. The second-order valence-corrected chi connectivity index (χ2v) is 3.50. The highest BCUT2D eigenvalue weighted by Gasteiger charge is 2.23. The van der Waals surface area contributed by atoms with Gasteiger partial charge in [0.2, 0.25) is 0 Å². The Morgan fingerprint density at radius 3 is 2.94 bits per heavy atom. The van der Waals surface area contributed by atoms with Crippen LogP contribution >= 0.6 is 0 Å². The minimum atomic E-state index is -1.28. The van der Waals surface area contributed by atoms with Crippen LogP contribution in [0.3, 0.4) is 0 Å². The summed E-state index contributed by atoms with van der Waals surface area (Å²) in [7, 11) is 1.49. The summed E-state index contributed by atoms with van der Waals surface area (Å²) in [6, 6.07) is 6.64. The number of carboxylic acid groups (broad SMARTS) is 1. The molecule has 94 valence electrons. The van der Waals surface area contributed by atoms with Crippen LogP contribution in [0.1, 0.15) is 16.1 Å². The average Bonchev–Trinajstić information content (AvgIpc) is 2.82. The first-order chi connectivity index (χ1) is 8.67. The average molecular weight is 251 g/mol. The lowest BCUT2D eigenvalue weighted by Crippen LogP contribution is -2.00. The number of alkyl halides is 1. The number of hydrogen-bond acceptors (Lipinski definition) is 4. The molecule has 2 rings (SSSR count). The van der Waals surface area contributed by atoms with Crippen LogP contribution in [0.5, 0.6) is 5.75 Å². The molecule has 0 saturated heterocycles. The number of aromatic carboxylic acids is 1. The fourth-order valence-electron chi connectivity index (χ4n) is 1.60. The van der Waals surface area contributed by atoms with Gasteiger partial charge in [-0.2, -0.15) is 0 Å². The van der Waals surface area contributed by atoms with Crippen LogP contribution in [-0.2, 0) is 6.67 Å². The van der Waals surface area contributed by atoms with Crippen molar-refractivity contribution >= 4 is 5.97 Å². The van der Waals surface area contributed by atoms with E-state index in [9.17, 15) is 9.18 Å². The van der Waals surface area contributed by atoms with E-state index >= 15 is 0 Å². The fourth-order valence-corrected chi connectivity index (χ4v) is 1.60. The van der Waals surface area contributed by atoms with Gasteiger partial charge in [-0.1, -0.05) is 17.3 Å². The standard InChI is InChI=1S/C12H10FNO4/c1-17-8-4-2-3-7(5-8)11-10(12(15)16)9(6-13)18-14-11/h2-5H,6H2,1H3,(H,15,16). The third-order valence-corrected chi connectivity index (χ3v) is 2.44. The van der Waals surface area contributed by atoms with Gasteiger partial charge in [0.25, 0.3) is 0 Å². The molecule has 1 aromatic carbocycles. The van der Waals surface area contributed by atoms with Crippen molar-refractivity contribution in [1.82, 2.24) is 5.16 Å². The lowest BCUT2D eigenvalue weighted by atomic mass is 10.1. The highest BCUT2D eigenvalue weighted by atomic mass is 19.1. The minimum absolute atomic E-state index is 0.0917. The van der Waals surface area contributed by atoms with Crippen molar-refractivity contribution < 1.29 is 23.6 Å². The van der Waals surface area contributed by atoms with Crippen LogP contribution in [0.4, 0.5) is 4.39 Å². The smallest absolute Gasteiger partial charge is 0.341 e. The molecule has 0 atom stereocenters. The van der Waals surface area contributed by atoms with Gasteiger partial charge in [-0.25, -0.2) is 9.18 Å². The van der Waals surface area contributed by atoms with Gasteiger partial charge in [0.1, 0.15) is 17.0 Å². The van der Waals surface area contributed by atoms with Gasteiger partial charge in [-0.3, -0.25) is 0 Å². The Hall–Kier alpha value is -2.37. The predicted molar refractivity (Wildman–Crippen MR) is 60.3 cm³/mol. The molecular formula is C12H10FNO4. The normalized spacial score (nSPS) is 10.3. The summed E-state index contributed by atoms with van der Waals surface area (Å²) in [5.74, 6) is -1.02. The van der Waals surface area contributed by atoms with Gasteiger partial charge in [-0.05, 0) is 12.1 Å². The fraction of sp³-hybridized carbons (Fsp3) is 0.167. The van der Waals surface area contributed by atoms with Gasteiger partial charge in [0.05, 0.1) is 7.11 Å². The minimum Gasteiger partial charge on any atom is -0.497 e. The van der Waals surface area contributed by atoms with Gasteiger partial charge in [0, 0.05) is 5.56 Å². The van der Waals surface area contributed by atoms with Crippen molar-refractivity contribution in [2.75, 3.05) is 7.11 Å². The van der Waals surface area contributed by atoms with Crippen molar-refractivity contribution in [3.63, 3.8) is 0 Å². The summed E-state index contributed by atoms with van der Waals surface area (Å²) < 4.78 is 22.3. The molecule has 0 radical (unpaired) electrons. The summed E-state index contributed by atoms with van der Waals surface area (Å²) in [6.07, 6.45) is 0. The van der Waals surface area contributed by atoms with E-state index in [1.54, 1.807) is 24.3 Å². The first kappa shape index (κ1) is 12.1. The van der Waals surface area contributed by atoms with E-state index < -0.39 is 12.6 Å². The molecule has 0 spiro atoms. The molecule has 0 saturated carbocycles. The molecule has 0 aliphatic rings. The molecule has 6 heteroatoms. The second kappa shape index (κ2) is 4.87. The van der Waals surface area contributed by atoms with Gasteiger partial charge in [-0.15, -0.1) is 0 Å². The largest absolute Gasteiger partial charge is 0.497 e. The van der Waals surface area contributed by atoms with Crippen molar-refractivity contribution in [2.45, 2.75) is 6.67 Å². The molecule has 0 fully saturated rings. The van der Waals surface area contributed by atoms with E-state index in [0.29, 0.717) is 11.3 Å². The van der Waals surface area contributed by atoms with Crippen molar-refractivity contribution in [2.24, 2.45) is 0 Å². The predicted octanol–water partition coefficient (Wildman–Crippen LogP) is 2.52. The van der Waals surface area contributed by atoms with E-state index in [4.69, 9.17) is 9.84 Å². The Morgan fingerprint density at radius 2 is 2.33 bits per heavy atom. The van der Waals surface area contributed by atoms with Crippen LogP contribution < -0.4 is 4.74 Å². The molecule has 0 aliphatic carbocycles. The zero-order valence-corrected chi connectivity index (χ0v) is 9.51. The number of rotatable bonds is 4. The lowest BCUT2D eigenvalue weighted by Gasteiger charge is -2.02. The van der Waals surface area contributed by atoms with Crippen LogP contribution in [0.2, 0.25) is 0 Å². The maximum absolute atomic E-state index is 12.6. The molecule has 5 nitrogen and oxygen atoms in total. The number of ether oxygens (including phenoxy) is 1. The summed E-state index contributed by atoms with van der Waals surface area (Å²) in [5.41, 5.74) is 0.329. The molecular weight excluding hydrogens is 241 g/mol. The number of aromatic nitrogens is 1. The molecule has 0 bridgehead atoms. The summed E-state index contributed by atoms with van der Waals surface area (Å²) in [4.78, 5) is 11.1. The number of carbonyl (C=O) groups is 1. The van der Waals surface area contributed by atoms with Crippen LogP contribution in [0, 0.1) is 0 Å². The zero-order chi connectivity index (χ0) is 13.1. The maximum atomic E-state index is 12.6. The maximum Gasteiger partial charge on any atom is 0.341 e. The molecule has 0 unspecified atom stereocenters. The Kier molecular flexibility index (Phi) is 3.27. The number of hydrogen-bond donors (Lipinski definition) is 1. The Morgan fingerprint density at radius 1 is 1.56 bits per heavy atom. The quantitative estimate of drug-likeness (QED) is 0.903. The number of methoxy groups -OCH3 is 1. The first-order valence-corrected chi connectivity index (χ1v) is 5.09. The summed E-state index contributed by atoms with van der Waals surface area (Å²) in [5, 5.41) is 12.7. The molecule has 1 aromatic heterocycles. The lowest BCUT2D eigenvalue weighted by molar-refractivity contribution is 0.0693. The van der Waals surface area contributed by atoms with Crippen LogP contribution in [0.25, 0.3) is 11.3 Å². The van der Waals surface area contributed by atoms with E-state index in [1.807, 2.05) is 0 Å². The SMILES string of the molecule is COc1cccc(-c2noc(CF)c2C(=O)O)c1. The van der Waals surface area contributed by atoms with Crippen molar-refractivity contribution in [3.8, 4) is 17.0 Å². The summed E-state index contributed by atoms with van der Waals surface area (Å²) in [6.45, 7) is -1.02. The van der Waals surface area contributed by atoms with Crippen molar-refractivity contribution in [1.29, 1.82) is 0 Å². The van der Waals surface area contributed by atoms with E-state index in [0.717, 1.165) is 0 Å². The van der Waals surface area contributed by atoms with E-state index in [2.05, 4.69) is 9.68 Å². The molecule has 18 heavy (non-hydrogen) atoms. The second-order valence-electron chi connectivity index (χ2n) is 3.50. The topological polar surface area (TPSA) is 72.6 Å². The van der Waals surface area contributed by atoms with E-state index in [-0.39, 0.29) is 17.0 Å². The number of halogens is 1. The molecule has 1 heterocycles. The van der Waals surface area contributed by atoms with E-state index in [1.165, 1.54) is 7.11 Å². The molecule has 1 N–H and O–H groups in total. The third kappa shape index (κ3) is 2.04. The number of benzene rings is 1. The molecule has 0 amide bonds. The molecule has 0 aliphatic heterocycles. The summed E-state index contributed by atoms with van der Waals surface area (Å²) >= 11 is 0. The third-order valence-electron chi connectivity index (χ3n) is 2.44. The molecule has 2 aromatic rings. The van der Waals surface area contributed by atoms with Crippen LogP contribution in [-0.4, -0.2) is 23.3 Å².